The minimum absolute atomic E-state index is 0.0847. The summed E-state index contributed by atoms with van der Waals surface area (Å²) >= 11 is 6.30. The molecule has 0 aliphatic carbocycles. The normalized spacial score (nSPS) is 15.1. The molecule has 1 saturated heterocycles. The number of carbonyl (C=O) groups is 3. The summed E-state index contributed by atoms with van der Waals surface area (Å²) in [5.74, 6) is -1.97. The lowest BCUT2D eigenvalue weighted by Gasteiger charge is -2.12. The third kappa shape index (κ3) is 4.79. The molecule has 0 bridgehead atoms. The molecule has 1 aliphatic rings. The molecule has 1 N–H and O–H groups in total. The number of non-ortho nitro benzene ring substituents is 1. The molecule has 2 aromatic carbocycles. The van der Waals surface area contributed by atoms with Crippen LogP contribution >= 0.6 is 23.4 Å². The SMILES string of the molecule is O=C(CN1C(=O)S/C(=C/c2ccc([N+](=O)[O-])cc2)C1=O)Nc1ccc(F)c(Cl)c1. The van der Waals surface area contributed by atoms with E-state index in [0.717, 1.165) is 11.0 Å². The summed E-state index contributed by atoms with van der Waals surface area (Å²) in [5, 5.41) is 12.3. The summed E-state index contributed by atoms with van der Waals surface area (Å²) in [6, 6.07) is 9.01. The highest BCUT2D eigenvalue weighted by molar-refractivity contribution is 8.18. The van der Waals surface area contributed by atoms with Crippen molar-refractivity contribution < 1.29 is 23.7 Å². The highest BCUT2D eigenvalue weighted by atomic mass is 35.5. The molecule has 0 atom stereocenters. The van der Waals surface area contributed by atoms with Crippen molar-refractivity contribution in [3.8, 4) is 0 Å². The number of imide groups is 1. The maximum Gasteiger partial charge on any atom is 0.294 e. The highest BCUT2D eigenvalue weighted by Crippen LogP contribution is 2.32. The van der Waals surface area contributed by atoms with Crippen molar-refractivity contribution in [2.24, 2.45) is 0 Å². The minimum Gasteiger partial charge on any atom is -0.324 e. The Hall–Kier alpha value is -3.24. The van der Waals surface area contributed by atoms with Crippen molar-refractivity contribution in [3.63, 3.8) is 0 Å². The van der Waals surface area contributed by atoms with E-state index >= 15 is 0 Å². The van der Waals surface area contributed by atoms with Crippen LogP contribution in [0.3, 0.4) is 0 Å². The first kappa shape index (κ1) is 20.5. The van der Waals surface area contributed by atoms with Gasteiger partial charge >= 0.3 is 0 Å². The van der Waals surface area contributed by atoms with Gasteiger partial charge in [0.05, 0.1) is 14.9 Å². The summed E-state index contributed by atoms with van der Waals surface area (Å²) in [7, 11) is 0. The van der Waals surface area contributed by atoms with Crippen molar-refractivity contribution in [2.75, 3.05) is 11.9 Å². The van der Waals surface area contributed by atoms with Gasteiger partial charge in [-0.3, -0.25) is 29.4 Å². The Morgan fingerprint density at radius 3 is 2.55 bits per heavy atom. The first-order valence-corrected chi connectivity index (χ1v) is 9.19. The van der Waals surface area contributed by atoms with Crippen LogP contribution in [-0.4, -0.2) is 33.4 Å². The second kappa shape index (κ2) is 8.41. The van der Waals surface area contributed by atoms with Crippen LogP contribution in [0.15, 0.2) is 47.4 Å². The predicted octanol–water partition coefficient (Wildman–Crippen LogP) is 4.06. The number of nitrogens with zero attached hydrogens (tertiary/aromatic N) is 2. The largest absolute Gasteiger partial charge is 0.324 e. The number of anilines is 1. The van der Waals surface area contributed by atoms with Crippen LogP contribution in [0.5, 0.6) is 0 Å². The molecule has 0 aromatic heterocycles. The lowest BCUT2D eigenvalue weighted by Crippen LogP contribution is -2.36. The summed E-state index contributed by atoms with van der Waals surface area (Å²) in [5.41, 5.74) is 0.606. The van der Waals surface area contributed by atoms with Gasteiger partial charge in [0.1, 0.15) is 12.4 Å². The minimum atomic E-state index is -0.661. The van der Waals surface area contributed by atoms with Gasteiger partial charge in [-0.15, -0.1) is 0 Å². The third-order valence-electron chi connectivity index (χ3n) is 3.78. The van der Waals surface area contributed by atoms with E-state index in [1.165, 1.54) is 42.5 Å². The van der Waals surface area contributed by atoms with Gasteiger partial charge in [0, 0.05) is 17.8 Å². The number of thioether (sulfide) groups is 1. The number of nitro benzene ring substituents is 1. The lowest BCUT2D eigenvalue weighted by molar-refractivity contribution is -0.384. The second-order valence-corrected chi connectivity index (χ2v) is 7.19. The number of halogens is 2. The zero-order valence-electron chi connectivity index (χ0n) is 14.4. The summed E-state index contributed by atoms with van der Waals surface area (Å²) in [4.78, 5) is 47.7. The molecule has 0 saturated carbocycles. The molecule has 1 aliphatic heterocycles. The van der Waals surface area contributed by atoms with Crippen LogP contribution in [0.2, 0.25) is 5.02 Å². The molecule has 2 aromatic rings. The van der Waals surface area contributed by atoms with Gasteiger partial charge in [-0.05, 0) is 53.7 Å². The Bertz CT molecular complexity index is 1060. The topological polar surface area (TPSA) is 110 Å². The molecule has 3 amide bonds. The van der Waals surface area contributed by atoms with E-state index in [4.69, 9.17) is 11.6 Å². The Balaban J connectivity index is 1.68. The molecule has 8 nitrogen and oxygen atoms in total. The molecular formula is C18H11ClFN3O5S. The van der Waals surface area contributed by atoms with Crippen LogP contribution in [0.1, 0.15) is 5.56 Å². The van der Waals surface area contributed by atoms with Crippen molar-refractivity contribution in [1.82, 2.24) is 4.90 Å². The number of nitrogens with one attached hydrogen (secondary N) is 1. The molecule has 1 heterocycles. The smallest absolute Gasteiger partial charge is 0.294 e. The molecular weight excluding hydrogens is 425 g/mol. The average Bonchev–Trinajstić information content (AvgIpc) is 2.92. The first-order valence-electron chi connectivity index (χ1n) is 7.99. The average molecular weight is 436 g/mol. The van der Waals surface area contributed by atoms with E-state index in [9.17, 15) is 28.9 Å². The van der Waals surface area contributed by atoms with Gasteiger partial charge in [0.2, 0.25) is 5.91 Å². The van der Waals surface area contributed by atoms with Gasteiger partial charge in [-0.1, -0.05) is 11.6 Å². The fourth-order valence-electron chi connectivity index (χ4n) is 2.40. The van der Waals surface area contributed by atoms with E-state index in [-0.39, 0.29) is 21.3 Å². The molecule has 3 rings (SSSR count). The number of rotatable bonds is 5. The zero-order valence-corrected chi connectivity index (χ0v) is 16.0. The standard InChI is InChI=1S/C18H11ClFN3O5S/c19-13-8-11(3-6-14(13)20)21-16(24)9-22-17(25)15(29-18(22)26)7-10-1-4-12(5-2-10)23(27)28/h1-8H,9H2,(H,21,24)/b15-7+. The van der Waals surface area contributed by atoms with Gasteiger partial charge in [0.25, 0.3) is 16.8 Å². The van der Waals surface area contributed by atoms with E-state index in [0.29, 0.717) is 17.3 Å². The van der Waals surface area contributed by atoms with Gasteiger partial charge < -0.3 is 5.32 Å². The fraction of sp³-hybridized carbons (Fsp3) is 0.0556. The zero-order chi connectivity index (χ0) is 21.1. The van der Waals surface area contributed by atoms with Crippen molar-refractivity contribution in [3.05, 3.63) is 73.9 Å². The number of hydrogen-bond acceptors (Lipinski definition) is 6. The monoisotopic (exact) mass is 435 g/mol. The van der Waals surface area contributed by atoms with Gasteiger partial charge in [0.15, 0.2) is 0 Å². The van der Waals surface area contributed by atoms with Crippen LogP contribution in [-0.2, 0) is 9.59 Å². The molecule has 0 radical (unpaired) electrons. The number of hydrogen-bond donors (Lipinski definition) is 1. The summed E-state index contributed by atoms with van der Waals surface area (Å²) in [6.45, 7) is -0.530. The maximum atomic E-state index is 13.2. The van der Waals surface area contributed by atoms with E-state index in [1.807, 2.05) is 0 Å². The van der Waals surface area contributed by atoms with Crippen LogP contribution in [0.25, 0.3) is 6.08 Å². The number of nitro groups is 1. The Kier molecular flexibility index (Phi) is 5.95. The first-order chi connectivity index (χ1) is 13.7. The van der Waals surface area contributed by atoms with E-state index < -0.39 is 34.3 Å². The quantitative estimate of drug-likeness (QED) is 0.431. The fourth-order valence-corrected chi connectivity index (χ4v) is 3.42. The van der Waals surface area contributed by atoms with Crippen molar-refractivity contribution in [1.29, 1.82) is 0 Å². The molecule has 11 heteroatoms. The Labute approximate surface area is 172 Å². The van der Waals surface area contributed by atoms with Crippen LogP contribution in [0.4, 0.5) is 20.6 Å². The van der Waals surface area contributed by atoms with Crippen LogP contribution < -0.4 is 5.32 Å². The van der Waals surface area contributed by atoms with Crippen LogP contribution in [0, 0.1) is 15.9 Å². The number of carbonyl (C=O) groups excluding carboxylic acids is 3. The van der Waals surface area contributed by atoms with E-state index in [2.05, 4.69) is 5.32 Å². The lowest BCUT2D eigenvalue weighted by atomic mass is 10.2. The number of benzene rings is 2. The molecule has 0 spiro atoms. The Morgan fingerprint density at radius 2 is 1.93 bits per heavy atom. The maximum absolute atomic E-state index is 13.2. The number of amides is 3. The molecule has 148 valence electrons. The van der Waals surface area contributed by atoms with Gasteiger partial charge in [-0.25, -0.2) is 4.39 Å². The highest BCUT2D eigenvalue weighted by Gasteiger charge is 2.36. The second-order valence-electron chi connectivity index (χ2n) is 5.79. The molecule has 29 heavy (non-hydrogen) atoms. The van der Waals surface area contributed by atoms with Crippen molar-refractivity contribution in [2.45, 2.75) is 0 Å². The Morgan fingerprint density at radius 1 is 1.24 bits per heavy atom. The summed E-state index contributed by atoms with van der Waals surface area (Å²) < 4.78 is 13.2. The third-order valence-corrected chi connectivity index (χ3v) is 4.98. The predicted molar refractivity (Wildman–Crippen MR) is 106 cm³/mol. The molecule has 1 fully saturated rings. The van der Waals surface area contributed by atoms with Gasteiger partial charge in [-0.2, -0.15) is 0 Å². The van der Waals surface area contributed by atoms with E-state index in [1.54, 1.807) is 0 Å². The molecule has 0 unspecified atom stereocenters. The van der Waals surface area contributed by atoms with Crippen molar-refractivity contribution >= 4 is 57.9 Å². The summed E-state index contributed by atoms with van der Waals surface area (Å²) in [6.07, 6.45) is 1.41.